The highest BCUT2D eigenvalue weighted by Gasteiger charge is 2.42. The number of aromatic nitrogens is 1. The molecule has 0 radical (unpaired) electrons. The third-order valence-corrected chi connectivity index (χ3v) is 9.41. The highest BCUT2D eigenvalue weighted by Crippen LogP contribution is 2.31. The van der Waals surface area contributed by atoms with Crippen LogP contribution in [0.25, 0.3) is 0 Å². The van der Waals surface area contributed by atoms with E-state index in [2.05, 4.69) is 20.4 Å². The van der Waals surface area contributed by atoms with E-state index >= 15 is 0 Å². The summed E-state index contributed by atoms with van der Waals surface area (Å²) < 4.78 is 104. The van der Waals surface area contributed by atoms with Crippen LogP contribution in [0.4, 0.5) is 32.4 Å². The van der Waals surface area contributed by atoms with Crippen LogP contribution >= 0.6 is 0 Å². The molecule has 1 atom stereocenters. The molecular weight excluding hydrogens is 705 g/mol. The van der Waals surface area contributed by atoms with Crippen molar-refractivity contribution in [3.05, 3.63) is 83.7 Å². The summed E-state index contributed by atoms with van der Waals surface area (Å²) in [5.41, 5.74) is -0.526. The van der Waals surface area contributed by atoms with E-state index in [9.17, 15) is 44.8 Å². The fourth-order valence-corrected chi connectivity index (χ4v) is 6.50. The Kier molecular flexibility index (Phi) is 11.6. The third-order valence-electron chi connectivity index (χ3n) is 7.49. The lowest BCUT2D eigenvalue weighted by Crippen LogP contribution is -2.61. The van der Waals surface area contributed by atoms with Crippen molar-refractivity contribution in [2.24, 2.45) is 0 Å². The molecule has 4 rings (SSSR count). The minimum absolute atomic E-state index is 0.0889. The molecule has 0 unspecified atom stereocenters. The van der Waals surface area contributed by atoms with Crippen LogP contribution in [0.1, 0.15) is 55.7 Å². The second kappa shape index (κ2) is 15.2. The first kappa shape index (κ1) is 39.0. The van der Waals surface area contributed by atoms with E-state index in [4.69, 9.17) is 4.74 Å². The van der Waals surface area contributed by atoms with Gasteiger partial charge in [-0.3, -0.25) is 4.79 Å². The maximum Gasteiger partial charge on any atom is 0.573 e. The van der Waals surface area contributed by atoms with Gasteiger partial charge in [-0.1, -0.05) is 31.2 Å². The van der Waals surface area contributed by atoms with Crippen LogP contribution < -0.4 is 15.4 Å². The second-order valence-corrected chi connectivity index (χ2v) is 14.3. The number of carbonyl (C=O) groups excluding carboxylic acids is 3. The Labute approximate surface area is 291 Å². The zero-order valence-corrected chi connectivity index (χ0v) is 28.8. The smallest absolute Gasteiger partial charge is 0.455 e. The average Bonchev–Trinajstić information content (AvgIpc) is 3.06. The number of ether oxygens (including phenoxy) is 2. The first-order chi connectivity index (χ1) is 23.7. The lowest BCUT2D eigenvalue weighted by molar-refractivity contribution is -0.274. The van der Waals surface area contributed by atoms with Crippen molar-refractivity contribution >= 4 is 33.6 Å². The number of nitrogens with zero attached hydrogens (tertiary/aromatic N) is 3. The Bertz CT molecular complexity index is 1830. The van der Waals surface area contributed by atoms with Crippen LogP contribution in [0.5, 0.6) is 5.75 Å². The molecular formula is C33H36F5N5O7S. The van der Waals surface area contributed by atoms with Gasteiger partial charge in [-0.25, -0.2) is 31.8 Å². The Morgan fingerprint density at radius 1 is 0.941 bits per heavy atom. The molecule has 0 bridgehead atoms. The Balaban J connectivity index is 1.55. The SMILES string of the molecule is CCC(F)(F)c1ccc(CNC(=O)[C@H]2CN(C(=O)Nc3ccnc(C(=O)OC(C)(C)C)c3)CCN2S(=O)(=O)c2ccc(OC(F)(F)F)cc2)cc1. The Hall–Kier alpha value is -4.84. The van der Waals surface area contributed by atoms with E-state index in [1.54, 1.807) is 20.8 Å². The van der Waals surface area contributed by atoms with Gasteiger partial charge in [0, 0.05) is 50.0 Å². The lowest BCUT2D eigenvalue weighted by atomic mass is 10.0. The van der Waals surface area contributed by atoms with Crippen molar-refractivity contribution in [1.29, 1.82) is 0 Å². The van der Waals surface area contributed by atoms with E-state index in [1.807, 2.05) is 0 Å². The molecule has 0 aliphatic carbocycles. The van der Waals surface area contributed by atoms with Gasteiger partial charge in [0.15, 0.2) is 0 Å². The number of hydrogen-bond acceptors (Lipinski definition) is 8. The quantitative estimate of drug-likeness (QED) is 0.200. The van der Waals surface area contributed by atoms with Gasteiger partial charge in [0.1, 0.15) is 23.1 Å². The summed E-state index contributed by atoms with van der Waals surface area (Å²) in [6.07, 6.45) is -4.15. The minimum atomic E-state index is -5.01. The molecule has 1 saturated heterocycles. The number of carbonyl (C=O) groups is 3. The fourth-order valence-electron chi connectivity index (χ4n) is 4.93. The summed E-state index contributed by atoms with van der Waals surface area (Å²) >= 11 is 0. The number of urea groups is 1. The normalized spacial score (nSPS) is 15.9. The molecule has 1 aliphatic heterocycles. The molecule has 1 aromatic heterocycles. The number of alkyl halides is 5. The van der Waals surface area contributed by atoms with Gasteiger partial charge in [0.05, 0.1) is 4.90 Å². The fraction of sp³-hybridized carbons (Fsp3) is 0.394. The lowest BCUT2D eigenvalue weighted by Gasteiger charge is -2.39. The highest BCUT2D eigenvalue weighted by molar-refractivity contribution is 7.89. The largest absolute Gasteiger partial charge is 0.573 e. The average molecular weight is 742 g/mol. The molecule has 0 saturated carbocycles. The van der Waals surface area contributed by atoms with E-state index in [0.717, 1.165) is 28.6 Å². The third kappa shape index (κ3) is 10.3. The summed E-state index contributed by atoms with van der Waals surface area (Å²) in [4.78, 5) is 44.1. The van der Waals surface area contributed by atoms with Crippen LogP contribution in [-0.2, 0) is 32.0 Å². The number of piperazine rings is 1. The van der Waals surface area contributed by atoms with Crippen LogP contribution in [0.3, 0.4) is 0 Å². The van der Waals surface area contributed by atoms with Gasteiger partial charge >= 0.3 is 18.4 Å². The minimum Gasteiger partial charge on any atom is -0.455 e. The van der Waals surface area contributed by atoms with Crippen molar-refractivity contribution in [3.63, 3.8) is 0 Å². The number of benzene rings is 2. The number of anilines is 1. The molecule has 1 fully saturated rings. The maximum atomic E-state index is 14.1. The van der Waals surface area contributed by atoms with Gasteiger partial charge < -0.3 is 25.0 Å². The van der Waals surface area contributed by atoms with E-state index in [-0.39, 0.29) is 30.0 Å². The topological polar surface area (TPSA) is 147 Å². The molecule has 276 valence electrons. The van der Waals surface area contributed by atoms with Crippen LogP contribution in [-0.4, -0.2) is 78.2 Å². The van der Waals surface area contributed by atoms with Gasteiger partial charge in [-0.15, -0.1) is 13.2 Å². The van der Waals surface area contributed by atoms with E-state index < -0.39 is 82.0 Å². The molecule has 12 nitrogen and oxygen atoms in total. The zero-order chi connectivity index (χ0) is 37.8. The van der Waals surface area contributed by atoms with Crippen molar-refractivity contribution in [1.82, 2.24) is 19.5 Å². The van der Waals surface area contributed by atoms with Crippen LogP contribution in [0, 0.1) is 0 Å². The van der Waals surface area contributed by atoms with Crippen molar-refractivity contribution in [2.75, 3.05) is 25.0 Å². The Morgan fingerprint density at radius 2 is 1.59 bits per heavy atom. The number of hydrogen-bond donors (Lipinski definition) is 2. The van der Waals surface area contributed by atoms with Gasteiger partial charge in [0.2, 0.25) is 15.9 Å². The number of esters is 1. The first-order valence-electron chi connectivity index (χ1n) is 15.6. The van der Waals surface area contributed by atoms with E-state index in [0.29, 0.717) is 5.56 Å². The standard InChI is InChI=1S/C33H36F5N5O7S/c1-5-32(34,35)22-8-6-21(7-9-22)19-40-28(44)27-20-42(30(46)41-23-14-15-39-26(18-23)29(45)50-31(2,3)4)16-17-43(27)51(47,48)25-12-10-24(11-13-25)49-33(36,37)38/h6-15,18,27H,5,16-17,19-20H2,1-4H3,(H,40,44)(H,39,41,46)/t27-/m1/s1. The second-order valence-electron chi connectivity index (χ2n) is 12.4. The number of pyridine rings is 1. The van der Waals surface area contributed by atoms with E-state index in [1.165, 1.54) is 54.4 Å². The summed E-state index contributed by atoms with van der Waals surface area (Å²) in [6.45, 7) is 5.11. The molecule has 18 heteroatoms. The summed E-state index contributed by atoms with van der Waals surface area (Å²) in [7, 11) is -4.53. The number of sulfonamides is 1. The Morgan fingerprint density at radius 3 is 2.18 bits per heavy atom. The summed E-state index contributed by atoms with van der Waals surface area (Å²) in [6, 6.07) is 9.03. The molecule has 51 heavy (non-hydrogen) atoms. The molecule has 2 heterocycles. The van der Waals surface area contributed by atoms with Gasteiger partial charge in [-0.05, 0) is 62.7 Å². The maximum absolute atomic E-state index is 14.1. The van der Waals surface area contributed by atoms with Crippen molar-refractivity contribution < 1.29 is 54.2 Å². The zero-order valence-electron chi connectivity index (χ0n) is 28.0. The highest BCUT2D eigenvalue weighted by atomic mass is 32.2. The van der Waals surface area contributed by atoms with Crippen LogP contribution in [0.15, 0.2) is 71.8 Å². The number of halogens is 5. The molecule has 0 spiro atoms. The predicted molar refractivity (Wildman–Crippen MR) is 173 cm³/mol. The molecule has 1 aliphatic rings. The molecule has 2 N–H and O–H groups in total. The monoisotopic (exact) mass is 741 g/mol. The number of amides is 3. The first-order valence-corrected chi connectivity index (χ1v) is 17.0. The van der Waals surface area contributed by atoms with Crippen molar-refractivity contribution in [2.45, 2.75) is 69.5 Å². The van der Waals surface area contributed by atoms with Crippen molar-refractivity contribution in [3.8, 4) is 5.75 Å². The van der Waals surface area contributed by atoms with Crippen LogP contribution in [0.2, 0.25) is 0 Å². The molecule has 3 aromatic rings. The predicted octanol–water partition coefficient (Wildman–Crippen LogP) is 5.66. The number of rotatable bonds is 10. The summed E-state index contributed by atoms with van der Waals surface area (Å²) in [5.74, 6) is -5.29. The molecule has 3 amide bonds. The summed E-state index contributed by atoms with van der Waals surface area (Å²) in [5, 5.41) is 5.17. The van der Waals surface area contributed by atoms with Gasteiger partial charge in [-0.2, -0.15) is 4.31 Å². The van der Waals surface area contributed by atoms with Gasteiger partial charge in [0.25, 0.3) is 5.92 Å². The number of nitrogens with one attached hydrogen (secondary N) is 2. The molecule has 2 aromatic carbocycles.